The number of benzene rings is 1. The lowest BCUT2D eigenvalue weighted by Crippen LogP contribution is -2.19. The fraction of sp³-hybridized carbons (Fsp3) is 0. The molecule has 4 N–H and O–H groups in total. The van der Waals surface area contributed by atoms with Crippen molar-refractivity contribution in [2.75, 3.05) is 10.6 Å². The van der Waals surface area contributed by atoms with Crippen LogP contribution in [0.3, 0.4) is 0 Å². The molecule has 0 aliphatic heterocycles. The molecule has 0 aliphatic rings. The number of carboxylic acids is 1. The summed E-state index contributed by atoms with van der Waals surface area (Å²) in [5.74, 6) is -1.68. The second-order valence-electron chi connectivity index (χ2n) is 3.28. The summed E-state index contributed by atoms with van der Waals surface area (Å²) in [6.07, 6.45) is 0. The van der Waals surface area contributed by atoms with Crippen LogP contribution in [0, 0.1) is 0 Å². The second kappa shape index (κ2) is 5.27. The number of carbonyl (C=O) groups excluding carboxylic acids is 1. The minimum atomic E-state index is -1.30. The largest absolute Gasteiger partial charge is 0.507 e. The van der Waals surface area contributed by atoms with E-state index in [2.05, 4.69) is 25.4 Å². The molecule has 0 saturated heterocycles. The Morgan fingerprint density at radius 1 is 1.26 bits per heavy atom. The first kappa shape index (κ1) is 12.7. The molecule has 2 aromatic rings. The highest BCUT2D eigenvalue weighted by Gasteiger charge is 2.12. The third-order valence-electron chi connectivity index (χ3n) is 2.00. The summed E-state index contributed by atoms with van der Waals surface area (Å²) >= 11 is 0.894. The summed E-state index contributed by atoms with van der Waals surface area (Å²) in [5, 5.41) is 29.9. The molecule has 10 heteroatoms. The average Bonchev–Trinajstić information content (AvgIpc) is 2.84. The van der Waals surface area contributed by atoms with Gasteiger partial charge >= 0.3 is 12.0 Å². The van der Waals surface area contributed by atoms with Crippen LogP contribution in [0.4, 0.5) is 15.6 Å². The molecule has 1 aromatic heterocycles. The van der Waals surface area contributed by atoms with E-state index < -0.39 is 12.0 Å². The molecule has 1 aromatic carbocycles. The number of carbonyl (C=O) groups is 2. The van der Waals surface area contributed by atoms with E-state index in [4.69, 9.17) is 5.11 Å². The lowest BCUT2D eigenvalue weighted by Gasteiger charge is -2.06. The number of aromatic carboxylic acids is 1. The summed E-state index contributed by atoms with van der Waals surface area (Å²) < 4.78 is 3.46. The third-order valence-corrected chi connectivity index (χ3v) is 2.52. The maximum absolute atomic E-state index is 11.5. The Labute approximate surface area is 110 Å². The highest BCUT2D eigenvalue weighted by atomic mass is 32.1. The van der Waals surface area contributed by atoms with Gasteiger partial charge in [-0.3, -0.25) is 5.32 Å². The third kappa shape index (κ3) is 3.13. The van der Waals surface area contributed by atoms with Crippen LogP contribution in [-0.2, 0) is 0 Å². The van der Waals surface area contributed by atoms with Gasteiger partial charge in [0.25, 0.3) is 0 Å². The van der Waals surface area contributed by atoms with Gasteiger partial charge in [0.2, 0.25) is 5.13 Å². The Kier molecular flexibility index (Phi) is 3.52. The SMILES string of the molecule is O=C(Nc1ccc(O)c(C(=O)O)c1)Nc1nnns1. The van der Waals surface area contributed by atoms with Crippen molar-refractivity contribution in [2.45, 2.75) is 0 Å². The van der Waals surface area contributed by atoms with Gasteiger partial charge in [0.15, 0.2) is 0 Å². The maximum atomic E-state index is 11.5. The van der Waals surface area contributed by atoms with E-state index in [-0.39, 0.29) is 22.1 Å². The first-order valence-electron chi connectivity index (χ1n) is 4.85. The minimum absolute atomic E-state index is 0.203. The molecule has 0 saturated carbocycles. The number of nitrogens with one attached hydrogen (secondary N) is 2. The summed E-state index contributed by atoms with van der Waals surface area (Å²) in [5.41, 5.74) is -0.0967. The van der Waals surface area contributed by atoms with Crippen molar-refractivity contribution < 1.29 is 19.8 Å². The average molecular weight is 281 g/mol. The summed E-state index contributed by atoms with van der Waals surface area (Å²) in [4.78, 5) is 22.3. The number of phenols is 1. The molecule has 2 amide bonds. The van der Waals surface area contributed by atoms with Gasteiger partial charge in [-0.15, -0.1) is 0 Å². The number of rotatable bonds is 3. The van der Waals surface area contributed by atoms with Crippen LogP contribution >= 0.6 is 11.5 Å². The van der Waals surface area contributed by atoms with E-state index in [1.54, 1.807) is 0 Å². The van der Waals surface area contributed by atoms with E-state index in [9.17, 15) is 14.7 Å². The van der Waals surface area contributed by atoms with E-state index in [1.807, 2.05) is 0 Å². The highest BCUT2D eigenvalue weighted by molar-refractivity contribution is 7.09. The first-order valence-corrected chi connectivity index (χ1v) is 5.63. The van der Waals surface area contributed by atoms with Crippen LogP contribution in [0.5, 0.6) is 5.75 Å². The molecular formula is C9H7N5O4S. The maximum Gasteiger partial charge on any atom is 0.339 e. The number of hydrogen-bond donors (Lipinski definition) is 4. The van der Waals surface area contributed by atoms with Crippen molar-refractivity contribution in [3.63, 3.8) is 0 Å². The number of carboxylic acid groups (broad SMARTS) is 1. The van der Waals surface area contributed by atoms with Crippen LogP contribution in [0.15, 0.2) is 18.2 Å². The van der Waals surface area contributed by atoms with Crippen molar-refractivity contribution in [2.24, 2.45) is 0 Å². The molecule has 0 spiro atoms. The van der Waals surface area contributed by atoms with Crippen LogP contribution in [0.25, 0.3) is 0 Å². The smallest absolute Gasteiger partial charge is 0.339 e. The Hall–Kier alpha value is -2.75. The van der Waals surface area contributed by atoms with Gasteiger partial charge < -0.3 is 15.5 Å². The Balaban J connectivity index is 2.09. The monoisotopic (exact) mass is 281 g/mol. The number of anilines is 2. The van der Waals surface area contributed by atoms with E-state index >= 15 is 0 Å². The van der Waals surface area contributed by atoms with Crippen LogP contribution in [0.1, 0.15) is 10.4 Å². The normalized spacial score (nSPS) is 9.89. The fourth-order valence-electron chi connectivity index (χ4n) is 1.23. The number of aromatic nitrogens is 3. The topological polar surface area (TPSA) is 137 Å². The number of hydrogen-bond acceptors (Lipinski definition) is 7. The van der Waals surface area contributed by atoms with Gasteiger partial charge in [-0.05, 0) is 23.4 Å². The summed E-state index contributed by atoms with van der Waals surface area (Å²) in [6, 6.07) is 3.04. The Morgan fingerprint density at radius 2 is 2.05 bits per heavy atom. The molecule has 9 nitrogen and oxygen atoms in total. The fourth-order valence-corrected chi connectivity index (χ4v) is 1.59. The zero-order valence-corrected chi connectivity index (χ0v) is 10.0. The van der Waals surface area contributed by atoms with Crippen molar-refractivity contribution in [3.8, 4) is 5.75 Å². The molecule has 0 fully saturated rings. The number of urea groups is 1. The molecule has 0 unspecified atom stereocenters. The van der Waals surface area contributed by atoms with Gasteiger partial charge in [-0.25, -0.2) is 9.59 Å². The standard InChI is InChI=1S/C9H7N5O4S/c15-6-2-1-4(3-5(6)7(16)17)10-8(18)11-9-12-13-14-19-9/h1-3,15H,(H,16,17)(H2,10,11,12,14,18). The molecule has 2 rings (SSSR count). The zero-order valence-electron chi connectivity index (χ0n) is 9.19. The molecule has 0 atom stereocenters. The molecule has 19 heavy (non-hydrogen) atoms. The molecule has 0 radical (unpaired) electrons. The minimum Gasteiger partial charge on any atom is -0.507 e. The molecular weight excluding hydrogens is 274 g/mol. The number of aromatic hydroxyl groups is 1. The quantitative estimate of drug-likeness (QED) is 0.615. The number of nitrogens with zero attached hydrogens (tertiary/aromatic N) is 3. The Bertz CT molecular complexity index is 615. The van der Waals surface area contributed by atoms with Crippen molar-refractivity contribution in [3.05, 3.63) is 23.8 Å². The zero-order chi connectivity index (χ0) is 13.8. The summed E-state index contributed by atoms with van der Waals surface area (Å²) in [7, 11) is 0. The lowest BCUT2D eigenvalue weighted by atomic mass is 10.2. The van der Waals surface area contributed by atoms with Gasteiger partial charge in [0.1, 0.15) is 11.3 Å². The van der Waals surface area contributed by atoms with Crippen molar-refractivity contribution in [1.82, 2.24) is 14.8 Å². The molecule has 0 bridgehead atoms. The predicted octanol–water partition coefficient (Wildman–Crippen LogP) is 0.981. The second-order valence-corrected chi connectivity index (χ2v) is 4.02. The van der Waals surface area contributed by atoms with E-state index in [0.717, 1.165) is 17.6 Å². The van der Waals surface area contributed by atoms with Gasteiger partial charge in [-0.1, -0.05) is 9.59 Å². The number of amides is 2. The van der Waals surface area contributed by atoms with E-state index in [0.29, 0.717) is 0 Å². The van der Waals surface area contributed by atoms with Crippen molar-refractivity contribution >= 4 is 34.4 Å². The van der Waals surface area contributed by atoms with Crippen molar-refractivity contribution in [1.29, 1.82) is 0 Å². The predicted molar refractivity (Wildman–Crippen MR) is 65.4 cm³/mol. The first-order chi connectivity index (χ1) is 9.06. The Morgan fingerprint density at radius 3 is 2.68 bits per heavy atom. The van der Waals surface area contributed by atoms with Crippen LogP contribution in [-0.4, -0.2) is 37.0 Å². The summed E-state index contributed by atoms with van der Waals surface area (Å²) in [6.45, 7) is 0. The lowest BCUT2D eigenvalue weighted by molar-refractivity contribution is 0.0693. The van der Waals surface area contributed by atoms with Crippen LogP contribution < -0.4 is 10.6 Å². The van der Waals surface area contributed by atoms with Crippen LogP contribution in [0.2, 0.25) is 0 Å². The molecule has 1 heterocycles. The van der Waals surface area contributed by atoms with E-state index in [1.165, 1.54) is 12.1 Å². The van der Waals surface area contributed by atoms with Gasteiger partial charge in [0, 0.05) is 17.2 Å². The molecule has 0 aliphatic carbocycles. The highest BCUT2D eigenvalue weighted by Crippen LogP contribution is 2.21. The van der Waals surface area contributed by atoms with Gasteiger partial charge in [-0.2, -0.15) is 0 Å². The van der Waals surface area contributed by atoms with Gasteiger partial charge in [0.05, 0.1) is 0 Å². The molecule has 98 valence electrons.